The normalized spacial score (nSPS) is 17.7. The number of likely N-dealkylation sites (tertiary alicyclic amines) is 1. The fourth-order valence-electron chi connectivity index (χ4n) is 4.37. The van der Waals surface area contributed by atoms with E-state index in [1.807, 2.05) is 10.7 Å². The highest BCUT2D eigenvalue weighted by Crippen LogP contribution is 2.29. The van der Waals surface area contributed by atoms with E-state index in [1.54, 1.807) is 0 Å². The van der Waals surface area contributed by atoms with Crippen molar-refractivity contribution in [2.45, 2.75) is 45.3 Å². The van der Waals surface area contributed by atoms with E-state index in [2.05, 4.69) is 62.4 Å². The first-order chi connectivity index (χ1) is 13.8. The Labute approximate surface area is 177 Å². The topological polar surface area (TPSA) is 63.8 Å². The smallest absolute Gasteiger partial charge is 0.147 e. The van der Waals surface area contributed by atoms with E-state index in [9.17, 15) is 0 Å². The maximum absolute atomic E-state index is 4.71. The highest BCUT2D eigenvalue weighted by atomic mass is 35.5. The molecular formula is C21H28ClN7. The molecule has 2 aliphatic heterocycles. The Hall–Kier alpha value is -2.22. The Morgan fingerprint density at radius 3 is 2.66 bits per heavy atom. The Balaban J connectivity index is 0.00000205. The largest absolute Gasteiger partial charge is 0.312 e. The van der Waals surface area contributed by atoms with E-state index in [-0.39, 0.29) is 12.4 Å². The molecule has 4 heterocycles. The second-order valence-electron chi connectivity index (χ2n) is 7.87. The van der Waals surface area contributed by atoms with Gasteiger partial charge in [-0.25, -0.2) is 4.68 Å². The van der Waals surface area contributed by atoms with Gasteiger partial charge in [0.2, 0.25) is 0 Å². The summed E-state index contributed by atoms with van der Waals surface area (Å²) >= 11 is 0. The van der Waals surface area contributed by atoms with Crippen LogP contribution in [-0.4, -0.2) is 49.1 Å². The average molecular weight is 414 g/mol. The molecule has 8 heteroatoms. The van der Waals surface area contributed by atoms with Crippen molar-refractivity contribution in [2.75, 3.05) is 19.6 Å². The van der Waals surface area contributed by atoms with Gasteiger partial charge in [-0.3, -0.25) is 4.90 Å². The van der Waals surface area contributed by atoms with E-state index >= 15 is 0 Å². The zero-order chi connectivity index (χ0) is 18.9. The number of aromatic nitrogens is 5. The van der Waals surface area contributed by atoms with Crippen molar-refractivity contribution in [2.24, 2.45) is 0 Å². The molecule has 7 nitrogen and oxygen atoms in total. The summed E-state index contributed by atoms with van der Waals surface area (Å²) in [5.74, 6) is 2.82. The van der Waals surface area contributed by atoms with Gasteiger partial charge in [-0.05, 0) is 45.0 Å². The van der Waals surface area contributed by atoms with Gasteiger partial charge in [-0.1, -0.05) is 18.2 Å². The van der Waals surface area contributed by atoms with Gasteiger partial charge in [0.25, 0.3) is 0 Å². The maximum atomic E-state index is 4.71. The van der Waals surface area contributed by atoms with Crippen LogP contribution in [0.2, 0.25) is 0 Å². The van der Waals surface area contributed by atoms with Crippen LogP contribution in [-0.2, 0) is 19.6 Å². The number of hydrogen-bond donors (Lipinski definition) is 1. The molecule has 0 spiro atoms. The number of aryl methyl sites for hydroxylation is 1. The van der Waals surface area contributed by atoms with Crippen LogP contribution in [0.4, 0.5) is 0 Å². The molecule has 0 amide bonds. The summed E-state index contributed by atoms with van der Waals surface area (Å²) < 4.78 is 4.33. The van der Waals surface area contributed by atoms with Crippen molar-refractivity contribution in [3.05, 3.63) is 59.4 Å². The van der Waals surface area contributed by atoms with Crippen LogP contribution >= 0.6 is 12.4 Å². The molecule has 0 saturated carbocycles. The number of hydrogen-bond acceptors (Lipinski definition) is 5. The van der Waals surface area contributed by atoms with Crippen LogP contribution in [0.1, 0.15) is 41.7 Å². The second kappa shape index (κ2) is 8.65. The number of piperidine rings is 1. The van der Waals surface area contributed by atoms with Crippen LogP contribution in [0.25, 0.3) is 5.69 Å². The number of fused-ring (bicyclic) bond motifs is 1. The summed E-state index contributed by atoms with van der Waals surface area (Å²) in [6.45, 7) is 8.13. The third-order valence-corrected chi connectivity index (χ3v) is 6.02. The average Bonchev–Trinajstić information content (AvgIpc) is 3.33. The molecule has 1 aromatic carbocycles. The van der Waals surface area contributed by atoms with Crippen LogP contribution in [0.5, 0.6) is 0 Å². The molecule has 154 valence electrons. The molecule has 1 N–H and O–H groups in total. The summed E-state index contributed by atoms with van der Waals surface area (Å²) in [5, 5.41) is 17.0. The van der Waals surface area contributed by atoms with Gasteiger partial charge in [0.15, 0.2) is 0 Å². The number of nitrogens with zero attached hydrogens (tertiary/aromatic N) is 6. The standard InChI is InChI=1S/C21H27N7.ClH/c1-16-18(15-28(25-16)19-5-3-2-4-6-19)14-26-10-7-17(8-11-26)21-24-23-20-13-22-9-12-27(20)21;/h2-6,15,17,22H,7-14H2,1H3;1H. The van der Waals surface area contributed by atoms with Gasteiger partial charge in [0.1, 0.15) is 11.6 Å². The van der Waals surface area contributed by atoms with E-state index in [0.29, 0.717) is 5.92 Å². The molecule has 0 bridgehead atoms. The monoisotopic (exact) mass is 413 g/mol. The Kier molecular flexibility index (Phi) is 5.99. The van der Waals surface area contributed by atoms with Crippen molar-refractivity contribution in [1.82, 2.24) is 34.8 Å². The summed E-state index contributed by atoms with van der Waals surface area (Å²) in [5.41, 5.74) is 3.54. The number of nitrogens with one attached hydrogen (secondary N) is 1. The van der Waals surface area contributed by atoms with Crippen molar-refractivity contribution < 1.29 is 0 Å². The molecule has 0 aliphatic carbocycles. The lowest BCUT2D eigenvalue weighted by Gasteiger charge is -2.31. The predicted molar refractivity (Wildman–Crippen MR) is 115 cm³/mol. The molecule has 0 atom stereocenters. The lowest BCUT2D eigenvalue weighted by atomic mass is 9.95. The zero-order valence-corrected chi connectivity index (χ0v) is 17.6. The summed E-state index contributed by atoms with van der Waals surface area (Å²) in [6.07, 6.45) is 4.48. The molecule has 1 saturated heterocycles. The van der Waals surface area contributed by atoms with Crippen LogP contribution in [0, 0.1) is 6.92 Å². The minimum atomic E-state index is 0. The van der Waals surface area contributed by atoms with E-state index in [0.717, 1.165) is 69.3 Å². The van der Waals surface area contributed by atoms with E-state index in [1.165, 1.54) is 11.4 Å². The van der Waals surface area contributed by atoms with Gasteiger partial charge >= 0.3 is 0 Å². The zero-order valence-electron chi connectivity index (χ0n) is 16.8. The minimum Gasteiger partial charge on any atom is -0.312 e. The second-order valence-corrected chi connectivity index (χ2v) is 7.87. The Morgan fingerprint density at radius 2 is 1.86 bits per heavy atom. The Bertz CT molecular complexity index is 941. The number of rotatable bonds is 4. The van der Waals surface area contributed by atoms with Gasteiger partial charge in [0, 0.05) is 37.3 Å². The van der Waals surface area contributed by atoms with E-state index < -0.39 is 0 Å². The summed E-state index contributed by atoms with van der Waals surface area (Å²) in [7, 11) is 0. The summed E-state index contributed by atoms with van der Waals surface area (Å²) in [6, 6.07) is 10.3. The highest BCUT2D eigenvalue weighted by molar-refractivity contribution is 5.85. The first-order valence-electron chi connectivity index (χ1n) is 10.2. The van der Waals surface area contributed by atoms with Gasteiger partial charge < -0.3 is 9.88 Å². The fraction of sp³-hybridized carbons (Fsp3) is 0.476. The summed E-state index contributed by atoms with van der Waals surface area (Å²) in [4.78, 5) is 2.55. The third-order valence-electron chi connectivity index (χ3n) is 6.02. The minimum absolute atomic E-state index is 0. The molecule has 3 aromatic rings. The van der Waals surface area contributed by atoms with Crippen molar-refractivity contribution in [3.8, 4) is 5.69 Å². The highest BCUT2D eigenvalue weighted by Gasteiger charge is 2.27. The van der Waals surface area contributed by atoms with Gasteiger partial charge in [-0.2, -0.15) is 5.10 Å². The third kappa shape index (κ3) is 4.08. The quantitative estimate of drug-likeness (QED) is 0.712. The number of halogens is 1. The van der Waals surface area contributed by atoms with Crippen molar-refractivity contribution in [1.29, 1.82) is 0 Å². The van der Waals surface area contributed by atoms with Crippen molar-refractivity contribution in [3.63, 3.8) is 0 Å². The van der Waals surface area contributed by atoms with Gasteiger partial charge in [-0.15, -0.1) is 22.6 Å². The molecule has 0 radical (unpaired) electrons. The Morgan fingerprint density at radius 1 is 1.07 bits per heavy atom. The molecule has 29 heavy (non-hydrogen) atoms. The molecule has 5 rings (SSSR count). The number of para-hydroxylation sites is 1. The van der Waals surface area contributed by atoms with Gasteiger partial charge in [0.05, 0.1) is 17.9 Å². The molecular weight excluding hydrogens is 386 g/mol. The fourth-order valence-corrected chi connectivity index (χ4v) is 4.37. The SMILES string of the molecule is Cc1nn(-c2ccccc2)cc1CN1CCC(c2nnc3n2CCNC3)CC1.Cl. The number of benzene rings is 1. The van der Waals surface area contributed by atoms with Crippen LogP contribution in [0.15, 0.2) is 36.5 Å². The molecule has 1 fully saturated rings. The van der Waals surface area contributed by atoms with E-state index in [4.69, 9.17) is 5.10 Å². The first kappa shape index (κ1) is 20.1. The molecule has 2 aromatic heterocycles. The van der Waals surface area contributed by atoms with Crippen LogP contribution in [0.3, 0.4) is 0 Å². The lowest BCUT2D eigenvalue weighted by Crippen LogP contribution is -2.34. The predicted octanol–water partition coefficient (Wildman–Crippen LogP) is 2.68. The van der Waals surface area contributed by atoms with Crippen molar-refractivity contribution >= 4 is 12.4 Å². The lowest BCUT2D eigenvalue weighted by molar-refractivity contribution is 0.199. The molecule has 0 unspecified atom stereocenters. The van der Waals surface area contributed by atoms with Crippen LogP contribution < -0.4 is 5.32 Å². The molecule has 2 aliphatic rings. The first-order valence-corrected chi connectivity index (χ1v) is 10.2. The maximum Gasteiger partial charge on any atom is 0.147 e.